The number of hydrogen-bond acceptors (Lipinski definition) is 3. The second-order valence-corrected chi connectivity index (χ2v) is 4.44. The van der Waals surface area contributed by atoms with E-state index in [1.165, 1.54) is 0 Å². The van der Waals surface area contributed by atoms with Crippen LogP contribution in [0, 0.1) is 0 Å². The fraction of sp³-hybridized carbons (Fsp3) is 0.500. The van der Waals surface area contributed by atoms with Gasteiger partial charge in [0.15, 0.2) is 0 Å². The first kappa shape index (κ1) is 14.4. The molecule has 4 heteroatoms. The molecule has 1 rings (SSSR count). The molecule has 0 saturated heterocycles. The molecule has 0 saturated carbocycles. The first-order valence-electron chi connectivity index (χ1n) is 6.25. The second-order valence-electron chi connectivity index (χ2n) is 4.44. The van der Waals surface area contributed by atoms with Crippen molar-refractivity contribution >= 4 is 11.8 Å². The SMILES string of the molecule is CCC(C)Oc1cccc(NC(=O)OC(C)C)c1. The van der Waals surface area contributed by atoms with Crippen LogP contribution in [0.25, 0.3) is 0 Å². The maximum Gasteiger partial charge on any atom is 0.411 e. The molecule has 0 heterocycles. The fourth-order valence-corrected chi connectivity index (χ4v) is 1.32. The van der Waals surface area contributed by atoms with Crippen LogP contribution >= 0.6 is 0 Å². The molecule has 0 aromatic heterocycles. The summed E-state index contributed by atoms with van der Waals surface area (Å²) in [4.78, 5) is 11.4. The Kier molecular flexibility index (Phi) is 5.49. The lowest BCUT2D eigenvalue weighted by atomic mass is 10.3. The van der Waals surface area contributed by atoms with Crippen LogP contribution in [-0.2, 0) is 4.74 Å². The van der Waals surface area contributed by atoms with Crippen LogP contribution in [0.4, 0.5) is 10.5 Å². The third-order valence-corrected chi connectivity index (χ3v) is 2.34. The maximum absolute atomic E-state index is 11.4. The minimum Gasteiger partial charge on any atom is -0.491 e. The average Bonchev–Trinajstić information content (AvgIpc) is 2.28. The zero-order chi connectivity index (χ0) is 13.5. The Bertz CT molecular complexity index is 390. The van der Waals surface area contributed by atoms with Gasteiger partial charge in [0.1, 0.15) is 5.75 Å². The highest BCUT2D eigenvalue weighted by atomic mass is 16.6. The molecule has 18 heavy (non-hydrogen) atoms. The summed E-state index contributed by atoms with van der Waals surface area (Å²) < 4.78 is 10.7. The third-order valence-electron chi connectivity index (χ3n) is 2.34. The number of anilines is 1. The minimum absolute atomic E-state index is 0.135. The number of hydrogen-bond donors (Lipinski definition) is 1. The summed E-state index contributed by atoms with van der Waals surface area (Å²) >= 11 is 0. The van der Waals surface area contributed by atoms with Crippen molar-refractivity contribution in [3.8, 4) is 5.75 Å². The Balaban J connectivity index is 2.61. The van der Waals surface area contributed by atoms with Gasteiger partial charge in [0, 0.05) is 11.8 Å². The maximum atomic E-state index is 11.4. The molecule has 1 unspecified atom stereocenters. The number of nitrogens with one attached hydrogen (secondary N) is 1. The van der Waals surface area contributed by atoms with E-state index in [4.69, 9.17) is 9.47 Å². The quantitative estimate of drug-likeness (QED) is 0.865. The van der Waals surface area contributed by atoms with Gasteiger partial charge in [-0.1, -0.05) is 13.0 Å². The highest BCUT2D eigenvalue weighted by molar-refractivity contribution is 5.84. The van der Waals surface area contributed by atoms with Gasteiger partial charge in [-0.15, -0.1) is 0 Å². The lowest BCUT2D eigenvalue weighted by molar-refractivity contribution is 0.130. The molecule has 0 aliphatic carbocycles. The van der Waals surface area contributed by atoms with E-state index in [1.807, 2.05) is 32.9 Å². The summed E-state index contributed by atoms with van der Waals surface area (Å²) in [5, 5.41) is 2.66. The summed E-state index contributed by atoms with van der Waals surface area (Å²) in [5.41, 5.74) is 0.668. The van der Waals surface area contributed by atoms with Gasteiger partial charge in [-0.05, 0) is 39.3 Å². The average molecular weight is 251 g/mol. The van der Waals surface area contributed by atoms with Crippen molar-refractivity contribution < 1.29 is 14.3 Å². The molecule has 100 valence electrons. The highest BCUT2D eigenvalue weighted by Gasteiger charge is 2.07. The van der Waals surface area contributed by atoms with Gasteiger partial charge in [-0.3, -0.25) is 5.32 Å². The molecule has 4 nitrogen and oxygen atoms in total. The van der Waals surface area contributed by atoms with Crippen LogP contribution in [0.5, 0.6) is 5.75 Å². The van der Waals surface area contributed by atoms with E-state index in [2.05, 4.69) is 12.2 Å². The Labute approximate surface area is 108 Å². The normalized spacial score (nSPS) is 12.1. The fourth-order valence-electron chi connectivity index (χ4n) is 1.32. The zero-order valence-corrected chi connectivity index (χ0v) is 11.4. The minimum atomic E-state index is -0.453. The Morgan fingerprint density at radius 1 is 1.33 bits per heavy atom. The third kappa shape index (κ3) is 5.08. The molecule has 0 fully saturated rings. The monoisotopic (exact) mass is 251 g/mol. The van der Waals surface area contributed by atoms with Crippen LogP contribution < -0.4 is 10.1 Å². The van der Waals surface area contributed by atoms with Gasteiger partial charge in [-0.25, -0.2) is 4.79 Å². The van der Waals surface area contributed by atoms with Gasteiger partial charge in [0.05, 0.1) is 12.2 Å². The number of rotatable bonds is 5. The van der Waals surface area contributed by atoms with E-state index in [1.54, 1.807) is 12.1 Å². The number of ether oxygens (including phenoxy) is 2. The first-order valence-corrected chi connectivity index (χ1v) is 6.25. The molecule has 1 atom stereocenters. The van der Waals surface area contributed by atoms with Crippen molar-refractivity contribution in [2.24, 2.45) is 0 Å². The molecule has 0 radical (unpaired) electrons. The summed E-state index contributed by atoms with van der Waals surface area (Å²) in [6.07, 6.45) is 0.505. The van der Waals surface area contributed by atoms with Crippen molar-refractivity contribution in [2.75, 3.05) is 5.32 Å². The predicted octanol–water partition coefficient (Wildman–Crippen LogP) is 3.82. The first-order chi connectivity index (χ1) is 8.51. The standard InChI is InChI=1S/C14H21NO3/c1-5-11(4)18-13-8-6-7-12(9-13)15-14(16)17-10(2)3/h6-11H,5H2,1-4H3,(H,15,16). The summed E-state index contributed by atoms with van der Waals surface area (Å²) in [7, 11) is 0. The smallest absolute Gasteiger partial charge is 0.411 e. The van der Waals surface area contributed by atoms with Gasteiger partial charge in [0.25, 0.3) is 0 Å². The van der Waals surface area contributed by atoms with E-state index >= 15 is 0 Å². The van der Waals surface area contributed by atoms with Crippen molar-refractivity contribution in [3.05, 3.63) is 24.3 Å². The van der Waals surface area contributed by atoms with E-state index in [-0.39, 0.29) is 12.2 Å². The van der Waals surface area contributed by atoms with Gasteiger partial charge >= 0.3 is 6.09 Å². The Hall–Kier alpha value is -1.71. The molecule has 0 aliphatic heterocycles. The van der Waals surface area contributed by atoms with E-state index in [9.17, 15) is 4.79 Å². The topological polar surface area (TPSA) is 47.6 Å². The molecule has 1 aromatic carbocycles. The number of carbonyl (C=O) groups is 1. The van der Waals surface area contributed by atoms with Crippen molar-refractivity contribution in [1.82, 2.24) is 0 Å². The van der Waals surface area contributed by atoms with E-state index < -0.39 is 6.09 Å². The summed E-state index contributed by atoms with van der Waals surface area (Å²) in [6.45, 7) is 7.68. The van der Waals surface area contributed by atoms with Crippen LogP contribution in [0.1, 0.15) is 34.1 Å². The Morgan fingerprint density at radius 2 is 2.06 bits per heavy atom. The molecular formula is C14H21NO3. The molecule has 1 amide bonds. The van der Waals surface area contributed by atoms with Crippen molar-refractivity contribution in [1.29, 1.82) is 0 Å². The molecule has 1 aromatic rings. The Morgan fingerprint density at radius 3 is 2.67 bits per heavy atom. The van der Waals surface area contributed by atoms with Crippen LogP contribution in [-0.4, -0.2) is 18.3 Å². The number of amides is 1. The second kappa shape index (κ2) is 6.89. The van der Waals surface area contributed by atoms with Crippen LogP contribution in [0.2, 0.25) is 0 Å². The largest absolute Gasteiger partial charge is 0.491 e. The van der Waals surface area contributed by atoms with Crippen molar-refractivity contribution in [3.63, 3.8) is 0 Å². The lowest BCUT2D eigenvalue weighted by Crippen LogP contribution is -2.18. The molecule has 1 N–H and O–H groups in total. The van der Waals surface area contributed by atoms with Gasteiger partial charge in [0.2, 0.25) is 0 Å². The predicted molar refractivity (Wildman–Crippen MR) is 72.1 cm³/mol. The van der Waals surface area contributed by atoms with Crippen LogP contribution in [0.3, 0.4) is 0 Å². The molecule has 0 aliphatic rings. The van der Waals surface area contributed by atoms with Gasteiger partial charge < -0.3 is 9.47 Å². The van der Waals surface area contributed by atoms with Crippen molar-refractivity contribution in [2.45, 2.75) is 46.3 Å². The summed E-state index contributed by atoms with van der Waals surface area (Å²) in [6, 6.07) is 7.28. The lowest BCUT2D eigenvalue weighted by Gasteiger charge is -2.14. The number of benzene rings is 1. The molecule has 0 spiro atoms. The molecule has 0 bridgehead atoms. The zero-order valence-electron chi connectivity index (χ0n) is 11.4. The molecular weight excluding hydrogens is 230 g/mol. The number of carbonyl (C=O) groups excluding carboxylic acids is 1. The van der Waals surface area contributed by atoms with Gasteiger partial charge in [-0.2, -0.15) is 0 Å². The highest BCUT2D eigenvalue weighted by Crippen LogP contribution is 2.19. The van der Waals surface area contributed by atoms with Crippen LogP contribution in [0.15, 0.2) is 24.3 Å². The van der Waals surface area contributed by atoms with E-state index in [0.29, 0.717) is 5.69 Å². The summed E-state index contributed by atoms with van der Waals surface area (Å²) in [5.74, 6) is 0.742. The van der Waals surface area contributed by atoms with E-state index in [0.717, 1.165) is 12.2 Å².